The Morgan fingerprint density at radius 1 is 0.800 bits per heavy atom. The molecule has 0 fully saturated rings. The molecule has 0 aliphatic heterocycles. The molecular weight excluding hydrogens is 469 g/mol. The van der Waals surface area contributed by atoms with E-state index >= 15 is 0 Å². The number of carbonyl (C=O) groups is 2. The van der Waals surface area contributed by atoms with Crippen molar-refractivity contribution in [1.82, 2.24) is 4.31 Å². The molecule has 35 heavy (non-hydrogen) atoms. The number of para-hydroxylation sites is 2. The van der Waals surface area contributed by atoms with Crippen LogP contribution in [0.2, 0.25) is 0 Å². The number of benzene rings is 3. The van der Waals surface area contributed by atoms with E-state index in [0.717, 1.165) is 22.0 Å². The van der Waals surface area contributed by atoms with E-state index in [-0.39, 0.29) is 16.9 Å². The van der Waals surface area contributed by atoms with Crippen LogP contribution in [-0.4, -0.2) is 38.6 Å². The van der Waals surface area contributed by atoms with Crippen molar-refractivity contribution in [2.75, 3.05) is 24.7 Å². The first-order chi connectivity index (χ1) is 16.3. The first kappa shape index (κ1) is 26.1. The van der Waals surface area contributed by atoms with E-state index in [2.05, 4.69) is 31.4 Å². The Morgan fingerprint density at radius 3 is 1.77 bits per heavy atom. The zero-order valence-corrected chi connectivity index (χ0v) is 21.0. The molecule has 3 aromatic carbocycles. The number of hydrogen-bond donors (Lipinski definition) is 2. The average Bonchev–Trinajstić information content (AvgIpc) is 2.79. The van der Waals surface area contributed by atoms with Gasteiger partial charge in [0, 0.05) is 25.2 Å². The van der Waals surface area contributed by atoms with Crippen LogP contribution >= 0.6 is 0 Å². The van der Waals surface area contributed by atoms with Gasteiger partial charge in [0.05, 0.1) is 11.4 Å². The number of nitrogens with one attached hydrogen (secondary N) is 2. The second kappa shape index (κ2) is 9.97. The fourth-order valence-corrected chi connectivity index (χ4v) is 4.23. The molecule has 184 valence electrons. The SMILES string of the molecule is CN(C)S(=O)(=O)c1cc(C(=O)Nc2ccccc2NC(=O)c2ccc(C(C)(C)C)cc2)ccc1F. The van der Waals surface area contributed by atoms with E-state index in [1.165, 1.54) is 20.2 Å². The van der Waals surface area contributed by atoms with Gasteiger partial charge in [-0.3, -0.25) is 9.59 Å². The van der Waals surface area contributed by atoms with Crippen LogP contribution in [0.3, 0.4) is 0 Å². The van der Waals surface area contributed by atoms with Crippen LogP contribution in [0.4, 0.5) is 15.8 Å². The molecule has 0 heterocycles. The molecule has 0 spiro atoms. The van der Waals surface area contributed by atoms with Gasteiger partial charge in [-0.15, -0.1) is 0 Å². The summed E-state index contributed by atoms with van der Waals surface area (Å²) in [5.41, 5.74) is 2.11. The number of halogens is 1. The van der Waals surface area contributed by atoms with Crippen LogP contribution in [0.15, 0.2) is 71.6 Å². The zero-order valence-electron chi connectivity index (χ0n) is 20.2. The summed E-state index contributed by atoms with van der Waals surface area (Å²) in [6.45, 7) is 6.25. The van der Waals surface area contributed by atoms with E-state index in [1.54, 1.807) is 36.4 Å². The first-order valence-corrected chi connectivity index (χ1v) is 12.3. The highest BCUT2D eigenvalue weighted by atomic mass is 32.2. The highest BCUT2D eigenvalue weighted by Gasteiger charge is 2.24. The number of sulfonamides is 1. The molecular formula is C26H28FN3O4S. The van der Waals surface area contributed by atoms with Gasteiger partial charge in [0.25, 0.3) is 11.8 Å². The lowest BCUT2D eigenvalue weighted by Crippen LogP contribution is -2.24. The van der Waals surface area contributed by atoms with Crippen molar-refractivity contribution < 1.29 is 22.4 Å². The minimum absolute atomic E-state index is 0.0437. The maximum atomic E-state index is 14.2. The van der Waals surface area contributed by atoms with Crippen LogP contribution < -0.4 is 10.6 Å². The molecule has 0 saturated carbocycles. The Hall–Kier alpha value is -3.56. The van der Waals surface area contributed by atoms with Gasteiger partial charge in [-0.1, -0.05) is 45.0 Å². The van der Waals surface area contributed by atoms with Gasteiger partial charge in [0.1, 0.15) is 10.7 Å². The summed E-state index contributed by atoms with van der Waals surface area (Å²) in [5, 5.41) is 5.44. The second-order valence-corrected chi connectivity index (χ2v) is 11.3. The molecule has 0 aromatic heterocycles. The van der Waals surface area contributed by atoms with Gasteiger partial charge in [0.2, 0.25) is 10.0 Å². The number of hydrogen-bond acceptors (Lipinski definition) is 4. The Morgan fingerprint density at radius 2 is 1.29 bits per heavy atom. The van der Waals surface area contributed by atoms with Crippen molar-refractivity contribution in [3.63, 3.8) is 0 Å². The number of rotatable bonds is 6. The number of nitrogens with zero attached hydrogens (tertiary/aromatic N) is 1. The smallest absolute Gasteiger partial charge is 0.255 e. The van der Waals surface area contributed by atoms with Crippen LogP contribution in [0.5, 0.6) is 0 Å². The fourth-order valence-electron chi connectivity index (χ4n) is 3.25. The van der Waals surface area contributed by atoms with Crippen molar-refractivity contribution in [1.29, 1.82) is 0 Å². The number of amides is 2. The monoisotopic (exact) mass is 497 g/mol. The van der Waals surface area contributed by atoms with Crippen LogP contribution in [-0.2, 0) is 15.4 Å². The maximum absolute atomic E-state index is 14.2. The number of carbonyl (C=O) groups excluding carboxylic acids is 2. The van der Waals surface area contributed by atoms with Gasteiger partial charge in [-0.25, -0.2) is 17.1 Å². The van der Waals surface area contributed by atoms with Gasteiger partial charge >= 0.3 is 0 Å². The Bertz CT molecular complexity index is 1360. The summed E-state index contributed by atoms with van der Waals surface area (Å²) in [6.07, 6.45) is 0. The van der Waals surface area contributed by atoms with Crippen molar-refractivity contribution >= 4 is 33.2 Å². The van der Waals surface area contributed by atoms with Crippen molar-refractivity contribution in [2.24, 2.45) is 0 Å². The van der Waals surface area contributed by atoms with E-state index < -0.39 is 26.6 Å². The molecule has 9 heteroatoms. The third kappa shape index (κ3) is 5.93. The minimum atomic E-state index is -4.08. The number of anilines is 2. The molecule has 0 aliphatic carbocycles. The highest BCUT2D eigenvalue weighted by Crippen LogP contribution is 2.26. The summed E-state index contributed by atoms with van der Waals surface area (Å²) in [4.78, 5) is 25.1. The third-order valence-corrected chi connectivity index (χ3v) is 7.22. The Kier molecular flexibility index (Phi) is 7.42. The molecule has 0 saturated heterocycles. The Balaban J connectivity index is 1.83. The normalized spacial score (nSPS) is 11.9. The molecule has 2 amide bonds. The summed E-state index contributed by atoms with van der Waals surface area (Å²) < 4.78 is 39.8. The predicted octanol–water partition coefficient (Wildman–Crippen LogP) is 4.88. The largest absolute Gasteiger partial charge is 0.320 e. The zero-order chi connectivity index (χ0) is 26.0. The summed E-state index contributed by atoms with van der Waals surface area (Å²) in [7, 11) is -1.53. The first-order valence-electron chi connectivity index (χ1n) is 10.8. The van der Waals surface area contributed by atoms with Crippen LogP contribution in [0.1, 0.15) is 47.1 Å². The molecule has 2 N–H and O–H groups in total. The van der Waals surface area contributed by atoms with Crippen molar-refractivity contribution in [3.8, 4) is 0 Å². The summed E-state index contributed by atoms with van der Waals surface area (Å²) in [5.74, 6) is -1.97. The van der Waals surface area contributed by atoms with Crippen LogP contribution in [0, 0.1) is 5.82 Å². The molecule has 0 atom stereocenters. The van der Waals surface area contributed by atoms with Gasteiger partial charge < -0.3 is 10.6 Å². The van der Waals surface area contributed by atoms with Crippen molar-refractivity contribution in [2.45, 2.75) is 31.1 Å². The molecule has 0 aliphatic rings. The Labute approximate surface area is 205 Å². The second-order valence-electron chi connectivity index (χ2n) is 9.21. The van der Waals surface area contributed by atoms with Gasteiger partial charge in [0.15, 0.2) is 0 Å². The molecule has 0 radical (unpaired) electrons. The van der Waals surface area contributed by atoms with Crippen molar-refractivity contribution in [3.05, 3.63) is 89.2 Å². The third-order valence-electron chi connectivity index (χ3n) is 5.39. The molecule has 0 unspecified atom stereocenters. The summed E-state index contributed by atoms with van der Waals surface area (Å²) >= 11 is 0. The van der Waals surface area contributed by atoms with Gasteiger partial charge in [-0.05, 0) is 53.4 Å². The van der Waals surface area contributed by atoms with E-state index in [1.807, 2.05) is 12.1 Å². The fraction of sp³-hybridized carbons (Fsp3) is 0.231. The standard InChI is InChI=1S/C26H28FN3O4S/c1-26(2,3)19-13-10-17(11-14-19)24(31)28-21-8-6-7-9-22(21)29-25(32)18-12-15-20(27)23(16-18)35(33,34)30(4)5/h6-16H,1-5H3,(H,28,31)(H,29,32). The lowest BCUT2D eigenvalue weighted by atomic mass is 9.87. The maximum Gasteiger partial charge on any atom is 0.255 e. The molecule has 7 nitrogen and oxygen atoms in total. The molecule has 0 bridgehead atoms. The average molecular weight is 498 g/mol. The quantitative estimate of drug-likeness (QED) is 0.508. The van der Waals surface area contributed by atoms with E-state index in [4.69, 9.17) is 0 Å². The minimum Gasteiger partial charge on any atom is -0.320 e. The van der Waals surface area contributed by atoms with Gasteiger partial charge in [-0.2, -0.15) is 0 Å². The lowest BCUT2D eigenvalue weighted by molar-refractivity contribution is 0.101. The predicted molar refractivity (Wildman–Crippen MR) is 135 cm³/mol. The molecule has 3 rings (SSSR count). The lowest BCUT2D eigenvalue weighted by Gasteiger charge is -2.19. The van der Waals surface area contributed by atoms with E-state index in [0.29, 0.717) is 16.9 Å². The van der Waals surface area contributed by atoms with Crippen LogP contribution in [0.25, 0.3) is 0 Å². The summed E-state index contributed by atoms with van der Waals surface area (Å²) in [6, 6.07) is 17.0. The molecule has 3 aromatic rings. The topological polar surface area (TPSA) is 95.6 Å². The highest BCUT2D eigenvalue weighted by molar-refractivity contribution is 7.89. The van der Waals surface area contributed by atoms with E-state index in [9.17, 15) is 22.4 Å².